The van der Waals surface area contributed by atoms with Gasteiger partial charge in [-0.05, 0) is 24.6 Å². The predicted molar refractivity (Wildman–Crippen MR) is 152 cm³/mol. The third-order valence-corrected chi connectivity index (χ3v) is 7.01. The van der Waals surface area contributed by atoms with Crippen LogP contribution in [-0.2, 0) is 9.53 Å². The number of piperazine rings is 1. The van der Waals surface area contributed by atoms with Gasteiger partial charge in [0.15, 0.2) is 5.13 Å². The number of carbonyl (C=O) groups excluding carboxylic acids is 2. The van der Waals surface area contributed by atoms with Crippen LogP contribution in [0.25, 0.3) is 0 Å². The molecule has 2 amide bonds. The number of thiazole rings is 1. The number of hydrogen-bond acceptors (Lipinski definition) is 12. The van der Waals surface area contributed by atoms with E-state index in [9.17, 15) is 9.59 Å². The molecule has 0 bridgehead atoms. The Kier molecular flexibility index (Phi) is 9.59. The Morgan fingerprint density at radius 1 is 1.18 bits per heavy atom. The van der Waals surface area contributed by atoms with Crippen LogP contribution in [0.5, 0.6) is 0 Å². The average molecular weight is 573 g/mol. The van der Waals surface area contributed by atoms with Crippen LogP contribution in [0.1, 0.15) is 15.2 Å². The van der Waals surface area contributed by atoms with Gasteiger partial charge in [0, 0.05) is 39.8 Å². The zero-order chi connectivity index (χ0) is 27.8. The third kappa shape index (κ3) is 7.60. The summed E-state index contributed by atoms with van der Waals surface area (Å²) in [5, 5.41) is 6.73. The van der Waals surface area contributed by atoms with E-state index in [0.717, 1.165) is 42.6 Å². The first-order chi connectivity index (χ1) is 18.9. The van der Waals surface area contributed by atoms with Gasteiger partial charge in [-0.3, -0.25) is 30.7 Å². The fourth-order valence-electron chi connectivity index (χ4n) is 3.68. The second-order valence-electron chi connectivity index (χ2n) is 8.46. The monoisotopic (exact) mass is 572 g/mol. The number of anilines is 5. The first-order valence-electron chi connectivity index (χ1n) is 12.1. The topological polar surface area (TPSA) is 150 Å². The summed E-state index contributed by atoms with van der Waals surface area (Å²) in [5.41, 5.74) is 6.52. The van der Waals surface area contributed by atoms with E-state index in [0.29, 0.717) is 46.4 Å². The van der Waals surface area contributed by atoms with Gasteiger partial charge in [0.1, 0.15) is 4.88 Å². The van der Waals surface area contributed by atoms with Crippen LogP contribution in [0.15, 0.2) is 37.1 Å². The number of hydrogen-bond donors (Lipinski definition) is 4. The number of rotatable bonds is 11. The molecule has 0 spiro atoms. The molecule has 1 fully saturated rings. The number of nitrogens with one attached hydrogen (secondary N) is 4. The van der Waals surface area contributed by atoms with Crippen molar-refractivity contribution in [3.05, 3.63) is 52.5 Å². The van der Waals surface area contributed by atoms with Gasteiger partial charge in [-0.25, -0.2) is 4.98 Å². The number of aryl methyl sites for hydroxylation is 1. The van der Waals surface area contributed by atoms with E-state index < -0.39 is 5.91 Å². The first-order valence-corrected chi connectivity index (χ1v) is 13.3. The van der Waals surface area contributed by atoms with Gasteiger partial charge in [0.25, 0.3) is 11.8 Å². The molecule has 0 radical (unpaired) electrons. The number of amides is 2. The summed E-state index contributed by atoms with van der Waals surface area (Å²) in [7, 11) is 1.69. The molecule has 4 rings (SSSR count). The predicted octanol–water partition coefficient (Wildman–Crippen LogP) is 2.68. The van der Waals surface area contributed by atoms with Crippen molar-refractivity contribution in [3.8, 4) is 0 Å². The minimum Gasteiger partial charge on any atom is -0.383 e. The number of halogens is 1. The Hall–Kier alpha value is -3.85. The van der Waals surface area contributed by atoms with E-state index in [2.05, 4.69) is 52.9 Å². The fraction of sp³-hybridized carbons (Fsp3) is 0.333. The molecule has 1 aromatic carbocycles. The lowest BCUT2D eigenvalue weighted by molar-refractivity contribution is -0.116. The molecule has 0 aliphatic carbocycles. The second kappa shape index (κ2) is 13.3. The van der Waals surface area contributed by atoms with E-state index in [1.54, 1.807) is 13.2 Å². The van der Waals surface area contributed by atoms with Crippen LogP contribution in [-0.4, -0.2) is 83.1 Å². The summed E-state index contributed by atoms with van der Waals surface area (Å²) in [4.78, 5) is 46.8. The van der Waals surface area contributed by atoms with Crippen LogP contribution >= 0.6 is 22.9 Å². The Labute approximate surface area is 234 Å². The summed E-state index contributed by atoms with van der Waals surface area (Å²) in [5.74, 6) is -0.0295. The average Bonchev–Trinajstić information content (AvgIpc) is 3.41. The summed E-state index contributed by atoms with van der Waals surface area (Å²) in [6, 6.07) is 5.39. The SMILES string of the molecule is C=CC(=O)NNc1nc(Nc2ncc(C(=O)Nc3c(C)cccc3Cl)s2)nc(N2CCN(CCOC)CC2)n1. The third-order valence-electron chi connectivity index (χ3n) is 5.78. The molecule has 3 aromatic rings. The molecule has 0 atom stereocenters. The number of nitrogens with zero attached hydrogens (tertiary/aromatic N) is 6. The lowest BCUT2D eigenvalue weighted by atomic mass is 10.2. The Morgan fingerprint density at radius 3 is 2.67 bits per heavy atom. The Morgan fingerprint density at radius 2 is 1.95 bits per heavy atom. The number of carbonyl (C=O) groups is 2. The van der Waals surface area contributed by atoms with Crippen LogP contribution in [0.3, 0.4) is 0 Å². The van der Waals surface area contributed by atoms with Crippen molar-refractivity contribution >= 4 is 63.4 Å². The van der Waals surface area contributed by atoms with Crippen molar-refractivity contribution in [2.75, 3.05) is 67.4 Å². The number of hydrazine groups is 1. The van der Waals surface area contributed by atoms with E-state index in [-0.39, 0.29) is 17.8 Å². The van der Waals surface area contributed by atoms with E-state index in [4.69, 9.17) is 16.3 Å². The van der Waals surface area contributed by atoms with Gasteiger partial charge in [0.2, 0.25) is 17.8 Å². The van der Waals surface area contributed by atoms with Gasteiger partial charge in [0.05, 0.1) is 23.5 Å². The molecule has 15 heteroatoms. The van der Waals surface area contributed by atoms with Gasteiger partial charge < -0.3 is 15.0 Å². The summed E-state index contributed by atoms with van der Waals surface area (Å²) >= 11 is 7.37. The van der Waals surface area contributed by atoms with Crippen molar-refractivity contribution in [1.29, 1.82) is 0 Å². The van der Waals surface area contributed by atoms with Crippen molar-refractivity contribution in [2.24, 2.45) is 0 Å². The zero-order valence-corrected chi connectivity index (χ0v) is 23.1. The zero-order valence-electron chi connectivity index (χ0n) is 21.5. The quantitative estimate of drug-likeness (QED) is 0.198. The fourth-order valence-corrected chi connectivity index (χ4v) is 4.65. The molecular formula is C24H29ClN10O3S. The highest BCUT2D eigenvalue weighted by molar-refractivity contribution is 7.17. The van der Waals surface area contributed by atoms with Gasteiger partial charge in [-0.15, -0.1) is 0 Å². The minimum atomic E-state index is -0.442. The van der Waals surface area contributed by atoms with Crippen molar-refractivity contribution in [3.63, 3.8) is 0 Å². The Balaban J connectivity index is 1.49. The molecule has 39 heavy (non-hydrogen) atoms. The van der Waals surface area contributed by atoms with Crippen molar-refractivity contribution in [2.45, 2.75) is 6.92 Å². The molecule has 13 nitrogen and oxygen atoms in total. The highest BCUT2D eigenvalue weighted by atomic mass is 35.5. The molecule has 206 valence electrons. The molecule has 0 unspecified atom stereocenters. The van der Waals surface area contributed by atoms with Crippen LogP contribution in [0.2, 0.25) is 5.02 Å². The van der Waals surface area contributed by atoms with E-state index in [1.165, 1.54) is 6.20 Å². The number of ether oxygens (including phenoxy) is 1. The number of aromatic nitrogens is 4. The van der Waals surface area contributed by atoms with E-state index >= 15 is 0 Å². The first kappa shape index (κ1) is 28.2. The maximum atomic E-state index is 12.8. The van der Waals surface area contributed by atoms with E-state index in [1.807, 2.05) is 24.0 Å². The maximum absolute atomic E-state index is 12.8. The smallest absolute Gasteiger partial charge is 0.267 e. The molecule has 3 heterocycles. The van der Waals surface area contributed by atoms with Crippen molar-refractivity contribution < 1.29 is 14.3 Å². The molecule has 1 saturated heterocycles. The van der Waals surface area contributed by atoms with Crippen molar-refractivity contribution in [1.82, 2.24) is 30.3 Å². The molecule has 2 aromatic heterocycles. The summed E-state index contributed by atoms with van der Waals surface area (Å²) in [6.45, 7) is 9.87. The van der Waals surface area contributed by atoms with Gasteiger partial charge >= 0.3 is 0 Å². The summed E-state index contributed by atoms with van der Waals surface area (Å²) in [6.07, 6.45) is 2.58. The molecule has 1 aliphatic heterocycles. The Bertz CT molecular complexity index is 1310. The lowest BCUT2D eigenvalue weighted by Crippen LogP contribution is -2.48. The molecule has 0 saturated carbocycles. The summed E-state index contributed by atoms with van der Waals surface area (Å²) < 4.78 is 5.17. The minimum absolute atomic E-state index is 0.128. The highest BCUT2D eigenvalue weighted by Gasteiger charge is 2.21. The maximum Gasteiger partial charge on any atom is 0.267 e. The largest absolute Gasteiger partial charge is 0.383 e. The standard InChI is InChI=1S/C24H29ClN10O3S/c1-4-18(36)32-33-22-28-21(29-23(30-22)35-10-8-34(9-11-35)12-13-38-3)31-24-26-14-17(39-24)20(37)27-19-15(2)6-5-7-16(19)25/h4-7,14H,1,8-13H2,2-3H3,(H,27,37)(H,32,36)(H2,26,28,29,30,31,33). The second-order valence-corrected chi connectivity index (χ2v) is 9.90. The van der Waals surface area contributed by atoms with Gasteiger partial charge in [-0.1, -0.05) is 41.6 Å². The number of methoxy groups -OCH3 is 1. The molecular weight excluding hydrogens is 544 g/mol. The van der Waals surface area contributed by atoms with Crippen LogP contribution in [0, 0.1) is 6.92 Å². The van der Waals surface area contributed by atoms with Gasteiger partial charge in [-0.2, -0.15) is 15.0 Å². The van der Waals surface area contributed by atoms with Crippen LogP contribution in [0.4, 0.5) is 28.7 Å². The highest BCUT2D eigenvalue weighted by Crippen LogP contribution is 2.28. The molecule has 1 aliphatic rings. The molecule has 4 N–H and O–H groups in total. The van der Waals surface area contributed by atoms with Crippen LogP contribution < -0.4 is 26.4 Å². The lowest BCUT2D eigenvalue weighted by Gasteiger charge is -2.34. The normalized spacial score (nSPS) is 13.6. The number of para-hydroxylation sites is 1. The number of benzene rings is 1.